The zero-order chi connectivity index (χ0) is 17.6. The average molecular weight is 337 g/mol. The monoisotopic (exact) mass is 337 g/mol. The minimum atomic E-state index is -1.38. The highest BCUT2D eigenvalue weighted by atomic mass is 19.1. The summed E-state index contributed by atoms with van der Waals surface area (Å²) in [6, 6.07) is 1.97. The number of ether oxygens (including phenoxy) is 2. The first-order valence-electron chi connectivity index (χ1n) is 6.90. The molecule has 1 aliphatic heterocycles. The van der Waals surface area contributed by atoms with Gasteiger partial charge in [-0.25, -0.2) is 8.78 Å². The molecule has 0 amide bonds. The van der Waals surface area contributed by atoms with Crippen LogP contribution in [-0.2, 0) is 4.74 Å². The molecule has 1 aromatic rings. The van der Waals surface area contributed by atoms with Crippen LogP contribution in [-0.4, -0.2) is 64.8 Å². The summed E-state index contributed by atoms with van der Waals surface area (Å²) in [6.07, 6.45) is -4.76. The fourth-order valence-corrected chi connectivity index (χ4v) is 1.82. The fourth-order valence-electron chi connectivity index (χ4n) is 1.82. The topological polar surface area (TPSA) is 125 Å². The predicted octanol–water partition coefficient (Wildman–Crippen LogP) is -0.972. The van der Waals surface area contributed by atoms with Gasteiger partial charge in [0.25, 0.3) is 0 Å². The summed E-state index contributed by atoms with van der Waals surface area (Å²) in [6.45, 7) is 1.69. The molecule has 2 rings (SSSR count). The van der Waals surface area contributed by atoms with Gasteiger partial charge in [-0.15, -0.1) is 0 Å². The van der Waals surface area contributed by atoms with Crippen molar-refractivity contribution in [3.63, 3.8) is 0 Å². The van der Waals surface area contributed by atoms with E-state index in [1.807, 2.05) is 0 Å². The number of hydrogen-bond donors (Lipinski definition) is 5. The number of rotatable bonds is 4. The Kier molecular flexibility index (Phi) is 7.76. The number of aliphatic hydroxyl groups is 4. The Labute approximate surface area is 131 Å². The molecule has 1 aromatic carbocycles. The van der Waals surface area contributed by atoms with E-state index in [1.54, 1.807) is 0 Å². The second-order valence-electron chi connectivity index (χ2n) is 4.88. The van der Waals surface area contributed by atoms with E-state index in [2.05, 4.69) is 4.74 Å². The lowest BCUT2D eigenvalue weighted by molar-refractivity contribution is -0.132. The molecular formula is C14H21F2NO6. The lowest BCUT2D eigenvalue weighted by atomic mass is 10.1. The molecule has 0 spiro atoms. The molecule has 1 heterocycles. The van der Waals surface area contributed by atoms with Crippen molar-refractivity contribution < 1.29 is 38.7 Å². The molecule has 132 valence electrons. The van der Waals surface area contributed by atoms with Crippen LogP contribution < -0.4 is 10.5 Å². The van der Waals surface area contributed by atoms with Gasteiger partial charge < -0.3 is 35.6 Å². The van der Waals surface area contributed by atoms with E-state index in [4.69, 9.17) is 30.9 Å². The third-order valence-electron chi connectivity index (χ3n) is 3.15. The number of aliphatic hydroxyl groups excluding tert-OH is 4. The van der Waals surface area contributed by atoms with E-state index < -0.39 is 42.8 Å². The third kappa shape index (κ3) is 5.34. The number of hydrogen-bond acceptors (Lipinski definition) is 7. The van der Waals surface area contributed by atoms with Gasteiger partial charge in [-0.2, -0.15) is 0 Å². The summed E-state index contributed by atoms with van der Waals surface area (Å²) in [5, 5.41) is 35.0. The maximum atomic E-state index is 12.9. The Balaban J connectivity index is 0.000000238. The van der Waals surface area contributed by atoms with Crippen LogP contribution in [0.1, 0.15) is 5.56 Å². The van der Waals surface area contributed by atoms with Crippen LogP contribution in [0.3, 0.4) is 0 Å². The van der Waals surface area contributed by atoms with Crippen molar-refractivity contribution in [2.75, 3.05) is 19.8 Å². The molecule has 1 aliphatic rings. The lowest BCUT2D eigenvalue weighted by Crippen LogP contribution is -2.33. The molecule has 0 bridgehead atoms. The van der Waals surface area contributed by atoms with Gasteiger partial charge in [0.05, 0.1) is 6.61 Å². The summed E-state index contributed by atoms with van der Waals surface area (Å²) < 4.78 is 35.2. The van der Waals surface area contributed by atoms with E-state index in [0.29, 0.717) is 12.1 Å². The Morgan fingerprint density at radius 2 is 1.87 bits per heavy atom. The molecule has 4 atom stereocenters. The van der Waals surface area contributed by atoms with Gasteiger partial charge in [0, 0.05) is 24.2 Å². The second-order valence-corrected chi connectivity index (χ2v) is 4.88. The van der Waals surface area contributed by atoms with E-state index in [-0.39, 0.29) is 12.4 Å². The molecule has 1 unspecified atom stereocenters. The molecule has 6 N–H and O–H groups in total. The zero-order valence-electron chi connectivity index (χ0n) is 12.5. The Hall–Kier alpha value is -1.36. The summed E-state index contributed by atoms with van der Waals surface area (Å²) >= 11 is 0. The Morgan fingerprint density at radius 1 is 1.22 bits per heavy atom. The van der Waals surface area contributed by atoms with Gasteiger partial charge in [0.15, 0.2) is 6.29 Å². The smallest absolute Gasteiger partial charge is 0.184 e. The SMILES string of the molecule is Cc1c(F)cc(F)cc1OCCN.OC[C@H]1OC(O)[C@H](O)[C@@H]1O. The highest BCUT2D eigenvalue weighted by molar-refractivity contribution is 5.34. The van der Waals surface area contributed by atoms with Crippen molar-refractivity contribution in [1.29, 1.82) is 0 Å². The molecule has 7 nitrogen and oxygen atoms in total. The molecule has 0 saturated carbocycles. The van der Waals surface area contributed by atoms with Crippen LogP contribution in [0, 0.1) is 18.6 Å². The normalized spacial score (nSPS) is 26.6. The molecule has 0 aromatic heterocycles. The molecular weight excluding hydrogens is 316 g/mol. The minimum absolute atomic E-state index is 0.211. The van der Waals surface area contributed by atoms with Gasteiger partial charge in [0.2, 0.25) is 0 Å². The molecule has 0 aliphatic carbocycles. The molecule has 1 fully saturated rings. The van der Waals surface area contributed by atoms with Gasteiger partial charge in [-0.3, -0.25) is 0 Å². The van der Waals surface area contributed by atoms with Crippen LogP contribution in [0.25, 0.3) is 0 Å². The number of nitrogens with two attached hydrogens (primary N) is 1. The summed E-state index contributed by atoms with van der Waals surface area (Å²) in [4.78, 5) is 0. The third-order valence-corrected chi connectivity index (χ3v) is 3.15. The first-order valence-corrected chi connectivity index (χ1v) is 6.90. The van der Waals surface area contributed by atoms with E-state index >= 15 is 0 Å². The average Bonchev–Trinajstić information content (AvgIpc) is 2.77. The highest BCUT2D eigenvalue weighted by Gasteiger charge is 2.41. The largest absolute Gasteiger partial charge is 0.492 e. The summed E-state index contributed by atoms with van der Waals surface area (Å²) in [7, 11) is 0. The quantitative estimate of drug-likeness (QED) is 0.478. The number of halogens is 2. The number of benzene rings is 1. The minimum Gasteiger partial charge on any atom is -0.492 e. The van der Waals surface area contributed by atoms with Gasteiger partial charge in [-0.05, 0) is 6.92 Å². The van der Waals surface area contributed by atoms with E-state index in [1.165, 1.54) is 6.92 Å². The molecule has 9 heteroatoms. The predicted molar refractivity (Wildman–Crippen MR) is 75.6 cm³/mol. The van der Waals surface area contributed by atoms with Gasteiger partial charge in [-0.1, -0.05) is 0 Å². The highest BCUT2D eigenvalue weighted by Crippen LogP contribution is 2.22. The van der Waals surface area contributed by atoms with Crippen molar-refractivity contribution in [3.8, 4) is 5.75 Å². The summed E-state index contributed by atoms with van der Waals surface area (Å²) in [5.41, 5.74) is 5.49. The molecule has 0 radical (unpaired) electrons. The first-order chi connectivity index (χ1) is 10.8. The van der Waals surface area contributed by atoms with Gasteiger partial charge in [0.1, 0.15) is 42.3 Å². The zero-order valence-corrected chi connectivity index (χ0v) is 12.5. The van der Waals surface area contributed by atoms with Crippen LogP contribution >= 0.6 is 0 Å². The van der Waals surface area contributed by atoms with Crippen molar-refractivity contribution in [2.24, 2.45) is 5.73 Å². The molecule has 1 saturated heterocycles. The second kappa shape index (κ2) is 9.06. The van der Waals surface area contributed by atoms with Crippen molar-refractivity contribution in [3.05, 3.63) is 29.3 Å². The van der Waals surface area contributed by atoms with E-state index in [0.717, 1.165) is 12.1 Å². The van der Waals surface area contributed by atoms with Crippen molar-refractivity contribution in [1.82, 2.24) is 0 Å². The van der Waals surface area contributed by atoms with Crippen molar-refractivity contribution in [2.45, 2.75) is 31.5 Å². The first kappa shape index (κ1) is 19.7. The maximum Gasteiger partial charge on any atom is 0.184 e. The van der Waals surface area contributed by atoms with Crippen LogP contribution in [0.5, 0.6) is 5.75 Å². The van der Waals surface area contributed by atoms with E-state index in [9.17, 15) is 8.78 Å². The van der Waals surface area contributed by atoms with Gasteiger partial charge >= 0.3 is 0 Å². The summed E-state index contributed by atoms with van der Waals surface area (Å²) in [5.74, 6) is -1.04. The maximum absolute atomic E-state index is 12.9. The standard InChI is InChI=1S/C9H11F2NO.C5H10O5/c1-6-8(11)4-7(10)5-9(6)13-3-2-12;6-1-2-3(7)4(8)5(9)10-2/h4-5H,2-3,12H2,1H3;2-9H,1H2/t;2-,3-,4-,5?/m.1/s1. The molecule has 23 heavy (non-hydrogen) atoms. The fraction of sp³-hybridized carbons (Fsp3) is 0.571. The Bertz CT molecular complexity index is 504. The Morgan fingerprint density at radius 3 is 2.30 bits per heavy atom. The van der Waals surface area contributed by atoms with Crippen molar-refractivity contribution >= 4 is 0 Å². The lowest BCUT2D eigenvalue weighted by Gasteiger charge is -2.09. The van der Waals surface area contributed by atoms with Crippen LogP contribution in [0.4, 0.5) is 8.78 Å². The van der Waals surface area contributed by atoms with Crippen LogP contribution in [0.15, 0.2) is 12.1 Å². The van der Waals surface area contributed by atoms with Crippen LogP contribution in [0.2, 0.25) is 0 Å².